The van der Waals surface area contributed by atoms with Crippen LogP contribution in [0.2, 0.25) is 5.02 Å². The molecule has 1 saturated heterocycles. The summed E-state index contributed by atoms with van der Waals surface area (Å²) in [6, 6.07) is 15.3. The standard InChI is InChI=1S/C27H24ClFN8O/c1-30-25-22(7-4-8-23(25)38-17-18-5-2-3-6-21(18)29)35-26-20(28)16-33-27(36-26)34-19-9-10-24(32-15-19)37-13-11-31-12-14-37/h2-10,15-16,31H,11-14,17H2,(H2,33,34,35,36). The molecule has 9 nitrogen and oxygen atoms in total. The van der Waals surface area contributed by atoms with Crippen LogP contribution in [0.4, 0.5) is 39.0 Å². The van der Waals surface area contributed by atoms with Crippen molar-refractivity contribution in [3.8, 4) is 5.75 Å². The summed E-state index contributed by atoms with van der Waals surface area (Å²) in [6.07, 6.45) is 3.20. The smallest absolute Gasteiger partial charge is 0.250 e. The van der Waals surface area contributed by atoms with Gasteiger partial charge in [0, 0.05) is 37.4 Å². The fraction of sp³-hybridized carbons (Fsp3) is 0.185. The van der Waals surface area contributed by atoms with Gasteiger partial charge in [-0.05, 0) is 30.3 Å². The van der Waals surface area contributed by atoms with Crippen molar-refractivity contribution < 1.29 is 9.13 Å². The highest BCUT2D eigenvalue weighted by molar-refractivity contribution is 6.33. The number of nitrogens with zero attached hydrogens (tertiary/aromatic N) is 5. The molecule has 0 radical (unpaired) electrons. The van der Waals surface area contributed by atoms with Crippen LogP contribution in [0, 0.1) is 12.4 Å². The summed E-state index contributed by atoms with van der Waals surface area (Å²) < 4.78 is 19.8. The molecule has 0 saturated carbocycles. The third-order valence-corrected chi connectivity index (χ3v) is 6.17. The summed E-state index contributed by atoms with van der Waals surface area (Å²) >= 11 is 6.36. The quantitative estimate of drug-likeness (QED) is 0.250. The zero-order valence-electron chi connectivity index (χ0n) is 20.3. The topological polar surface area (TPSA) is 91.6 Å². The predicted octanol–water partition coefficient (Wildman–Crippen LogP) is 5.69. The average molecular weight is 531 g/mol. The molecule has 0 aliphatic carbocycles. The van der Waals surface area contributed by atoms with Crippen molar-refractivity contribution in [2.75, 3.05) is 41.7 Å². The molecule has 192 valence electrons. The monoisotopic (exact) mass is 530 g/mol. The summed E-state index contributed by atoms with van der Waals surface area (Å²) in [5.41, 5.74) is 1.79. The van der Waals surface area contributed by atoms with E-state index in [1.165, 1.54) is 12.3 Å². The van der Waals surface area contributed by atoms with Gasteiger partial charge in [0.1, 0.15) is 29.0 Å². The summed E-state index contributed by atoms with van der Waals surface area (Å²) in [6.45, 7) is 11.4. The second kappa shape index (κ2) is 11.7. The molecule has 0 bridgehead atoms. The predicted molar refractivity (Wildman–Crippen MR) is 146 cm³/mol. The van der Waals surface area contributed by atoms with Gasteiger partial charge in [-0.15, -0.1) is 0 Å². The number of anilines is 5. The van der Waals surface area contributed by atoms with Gasteiger partial charge in [-0.3, -0.25) is 0 Å². The van der Waals surface area contributed by atoms with E-state index in [2.05, 4.69) is 40.6 Å². The molecule has 3 N–H and O–H groups in total. The molecule has 11 heteroatoms. The molecule has 1 aliphatic rings. The third kappa shape index (κ3) is 5.91. The Morgan fingerprint density at radius 3 is 2.63 bits per heavy atom. The number of hydrogen-bond donors (Lipinski definition) is 3. The van der Waals surface area contributed by atoms with Crippen LogP contribution in [0.25, 0.3) is 4.85 Å². The fourth-order valence-corrected chi connectivity index (χ4v) is 4.08. The van der Waals surface area contributed by atoms with Gasteiger partial charge >= 0.3 is 0 Å². The van der Waals surface area contributed by atoms with Gasteiger partial charge in [0.2, 0.25) is 5.95 Å². The minimum Gasteiger partial charge on any atom is -0.500 e. The molecule has 0 unspecified atom stereocenters. The largest absolute Gasteiger partial charge is 0.500 e. The Morgan fingerprint density at radius 1 is 1.03 bits per heavy atom. The van der Waals surface area contributed by atoms with Crippen molar-refractivity contribution in [3.05, 3.63) is 94.8 Å². The molecule has 1 fully saturated rings. The molecule has 0 spiro atoms. The first-order valence-electron chi connectivity index (χ1n) is 12.0. The highest BCUT2D eigenvalue weighted by Crippen LogP contribution is 2.38. The number of halogens is 2. The molecular weight excluding hydrogens is 507 g/mol. The Balaban J connectivity index is 1.31. The van der Waals surface area contributed by atoms with Gasteiger partial charge in [0.25, 0.3) is 5.69 Å². The molecule has 5 rings (SSSR count). The zero-order chi connectivity index (χ0) is 26.3. The van der Waals surface area contributed by atoms with Crippen LogP contribution in [0.15, 0.2) is 67.0 Å². The Morgan fingerprint density at radius 2 is 1.87 bits per heavy atom. The molecule has 1 aliphatic heterocycles. The average Bonchev–Trinajstić information content (AvgIpc) is 2.95. The Kier molecular flexibility index (Phi) is 7.78. The van der Waals surface area contributed by atoms with E-state index in [0.29, 0.717) is 28.8 Å². The van der Waals surface area contributed by atoms with Gasteiger partial charge in [0.05, 0.1) is 24.7 Å². The fourth-order valence-electron chi connectivity index (χ4n) is 3.94. The van der Waals surface area contributed by atoms with Gasteiger partial charge in [-0.25, -0.2) is 19.2 Å². The zero-order valence-corrected chi connectivity index (χ0v) is 21.0. The first kappa shape index (κ1) is 25.2. The molecule has 38 heavy (non-hydrogen) atoms. The van der Waals surface area contributed by atoms with Crippen LogP contribution in [0.3, 0.4) is 0 Å². The summed E-state index contributed by atoms with van der Waals surface area (Å²) in [5, 5.41) is 9.84. The molecule has 4 aromatic rings. The van der Waals surface area contributed by atoms with Crippen LogP contribution in [-0.4, -0.2) is 41.1 Å². The maximum absolute atomic E-state index is 14.0. The number of rotatable bonds is 8. The molecule has 0 amide bonds. The lowest BCUT2D eigenvalue weighted by atomic mass is 10.2. The third-order valence-electron chi connectivity index (χ3n) is 5.89. The van der Waals surface area contributed by atoms with E-state index in [4.69, 9.17) is 22.9 Å². The highest BCUT2D eigenvalue weighted by Gasteiger charge is 2.15. The SMILES string of the molecule is [C-]#[N+]c1c(Nc2nc(Nc3ccc(N4CCNCC4)nc3)ncc2Cl)cccc1OCc1ccccc1F. The summed E-state index contributed by atoms with van der Waals surface area (Å²) in [5.74, 6) is 1.48. The summed E-state index contributed by atoms with van der Waals surface area (Å²) in [4.78, 5) is 19.1. The van der Waals surface area contributed by atoms with E-state index in [1.807, 2.05) is 12.1 Å². The van der Waals surface area contributed by atoms with E-state index in [0.717, 1.165) is 37.7 Å². The van der Waals surface area contributed by atoms with E-state index < -0.39 is 0 Å². The van der Waals surface area contributed by atoms with Crippen molar-refractivity contribution in [1.29, 1.82) is 0 Å². The molecule has 2 aromatic heterocycles. The number of hydrogen-bond acceptors (Lipinski definition) is 8. The molecular formula is C27H24ClFN8O. The van der Waals surface area contributed by atoms with Gasteiger partial charge < -0.3 is 25.6 Å². The van der Waals surface area contributed by atoms with E-state index in [-0.39, 0.29) is 23.1 Å². The minimum absolute atomic E-state index is 0.0115. The van der Waals surface area contributed by atoms with Crippen LogP contribution in [0.1, 0.15) is 5.56 Å². The second-order valence-corrected chi connectivity index (χ2v) is 8.83. The van der Waals surface area contributed by atoms with Crippen molar-refractivity contribution in [2.24, 2.45) is 0 Å². The van der Waals surface area contributed by atoms with Crippen molar-refractivity contribution in [2.45, 2.75) is 6.61 Å². The molecule has 2 aromatic carbocycles. The van der Waals surface area contributed by atoms with Crippen LogP contribution >= 0.6 is 11.6 Å². The van der Waals surface area contributed by atoms with Crippen LogP contribution in [0.5, 0.6) is 5.75 Å². The summed E-state index contributed by atoms with van der Waals surface area (Å²) in [7, 11) is 0. The number of pyridine rings is 1. The number of aromatic nitrogens is 3. The number of benzene rings is 2. The second-order valence-electron chi connectivity index (χ2n) is 8.43. The maximum Gasteiger partial charge on any atom is 0.250 e. The molecule has 3 heterocycles. The van der Waals surface area contributed by atoms with Gasteiger partial charge in [0.15, 0.2) is 5.82 Å². The lowest BCUT2D eigenvalue weighted by Gasteiger charge is -2.28. The Bertz CT molecular complexity index is 1450. The number of piperazine rings is 1. The first-order valence-corrected chi connectivity index (χ1v) is 12.3. The van der Waals surface area contributed by atoms with Gasteiger partial charge in [-0.2, -0.15) is 4.98 Å². The van der Waals surface area contributed by atoms with E-state index in [9.17, 15) is 4.39 Å². The number of nitrogens with one attached hydrogen (secondary N) is 3. The van der Waals surface area contributed by atoms with Crippen molar-refractivity contribution in [1.82, 2.24) is 20.3 Å². The van der Waals surface area contributed by atoms with E-state index >= 15 is 0 Å². The normalized spacial score (nSPS) is 13.0. The first-order chi connectivity index (χ1) is 18.6. The lowest BCUT2D eigenvalue weighted by molar-refractivity contribution is 0.302. The number of para-hydroxylation sites is 1. The number of ether oxygens (including phenoxy) is 1. The van der Waals surface area contributed by atoms with E-state index in [1.54, 1.807) is 42.6 Å². The van der Waals surface area contributed by atoms with Crippen molar-refractivity contribution in [3.63, 3.8) is 0 Å². The van der Waals surface area contributed by atoms with Gasteiger partial charge in [-0.1, -0.05) is 35.9 Å². The Hall–Kier alpha value is -4.46. The maximum atomic E-state index is 14.0. The van der Waals surface area contributed by atoms with Crippen LogP contribution in [-0.2, 0) is 6.61 Å². The lowest BCUT2D eigenvalue weighted by Crippen LogP contribution is -2.43. The molecule has 0 atom stereocenters. The highest BCUT2D eigenvalue weighted by atomic mass is 35.5. The Labute approximate surface area is 224 Å². The van der Waals surface area contributed by atoms with Crippen molar-refractivity contribution >= 4 is 46.2 Å². The van der Waals surface area contributed by atoms with Crippen LogP contribution < -0.4 is 25.6 Å². The minimum atomic E-state index is -0.368.